The quantitative estimate of drug-likeness (QED) is 0.596. The van der Waals surface area contributed by atoms with Crippen LogP contribution in [0.5, 0.6) is 0 Å². The number of benzene rings is 2. The summed E-state index contributed by atoms with van der Waals surface area (Å²) < 4.78 is 0. The van der Waals surface area contributed by atoms with E-state index in [1.54, 1.807) is 12.4 Å². The Balaban J connectivity index is 1.69. The van der Waals surface area contributed by atoms with Gasteiger partial charge in [-0.3, -0.25) is 0 Å². The van der Waals surface area contributed by atoms with Crippen LogP contribution >= 0.6 is 0 Å². The molecule has 4 heteroatoms. The number of nitrogens with zero attached hydrogens (tertiary/aromatic N) is 4. The van der Waals surface area contributed by atoms with E-state index in [0.717, 1.165) is 18.1 Å². The van der Waals surface area contributed by atoms with Crippen molar-refractivity contribution in [3.8, 4) is 0 Å². The minimum absolute atomic E-state index is 0.119. The lowest BCUT2D eigenvalue weighted by Gasteiger charge is -2.28. The molecule has 2 aliphatic rings. The van der Waals surface area contributed by atoms with Crippen LogP contribution in [0.25, 0.3) is 0 Å². The predicted octanol–water partition coefficient (Wildman–Crippen LogP) is 5.25. The van der Waals surface area contributed by atoms with Crippen LogP contribution in [-0.2, 0) is 11.8 Å². The Morgan fingerprint density at radius 1 is 0.889 bits per heavy atom. The van der Waals surface area contributed by atoms with Crippen molar-refractivity contribution < 1.29 is 0 Å². The van der Waals surface area contributed by atoms with Crippen molar-refractivity contribution >= 4 is 23.0 Å². The lowest BCUT2D eigenvalue weighted by molar-refractivity contribution is 0.590. The molecule has 136 valence electrons. The summed E-state index contributed by atoms with van der Waals surface area (Å²) >= 11 is 0. The summed E-state index contributed by atoms with van der Waals surface area (Å²) in [6.45, 7) is 8.95. The maximum Gasteiger partial charge on any atom is 0.178 e. The Morgan fingerprint density at radius 2 is 1.56 bits per heavy atom. The lowest BCUT2D eigenvalue weighted by Crippen LogP contribution is -2.36. The van der Waals surface area contributed by atoms with E-state index in [0.29, 0.717) is 0 Å². The van der Waals surface area contributed by atoms with Gasteiger partial charge in [0, 0.05) is 30.2 Å². The van der Waals surface area contributed by atoms with Crippen molar-refractivity contribution in [3.63, 3.8) is 0 Å². The molecule has 0 saturated carbocycles. The molecule has 5 rings (SSSR count). The van der Waals surface area contributed by atoms with Crippen LogP contribution in [0.15, 0.2) is 54.9 Å². The summed E-state index contributed by atoms with van der Waals surface area (Å²) in [5, 5.41) is 0. The van der Waals surface area contributed by atoms with Crippen LogP contribution in [-0.4, -0.2) is 16.1 Å². The molecule has 0 radical (unpaired) electrons. The van der Waals surface area contributed by atoms with E-state index < -0.39 is 0 Å². The fourth-order valence-electron chi connectivity index (χ4n) is 4.25. The molecule has 0 spiro atoms. The first-order valence-electron chi connectivity index (χ1n) is 9.53. The lowest BCUT2D eigenvalue weighted by atomic mass is 9.86. The normalized spacial score (nSPS) is 17.7. The minimum atomic E-state index is 0.119. The van der Waals surface area contributed by atoms with Gasteiger partial charge in [0.2, 0.25) is 0 Å². The Kier molecular flexibility index (Phi) is 3.36. The van der Waals surface area contributed by atoms with Crippen LogP contribution in [0, 0.1) is 6.92 Å². The Morgan fingerprint density at radius 3 is 2.22 bits per heavy atom. The Bertz CT molecular complexity index is 1030. The third-order valence-corrected chi connectivity index (χ3v) is 5.70. The highest BCUT2D eigenvalue weighted by Crippen LogP contribution is 2.51. The molecule has 3 heterocycles. The highest BCUT2D eigenvalue weighted by Gasteiger charge is 2.45. The Hall–Kier alpha value is -2.88. The number of aryl methyl sites for hydroxylation is 1. The van der Waals surface area contributed by atoms with Gasteiger partial charge >= 0.3 is 0 Å². The van der Waals surface area contributed by atoms with Crippen LogP contribution in [0.2, 0.25) is 0 Å². The second kappa shape index (κ2) is 5.56. The SMILES string of the molecule is Cc1ccccc1N1c2nccnc2N2c3cc(C(C)(C)C)ccc3CC12. The van der Waals surface area contributed by atoms with E-state index in [-0.39, 0.29) is 11.6 Å². The van der Waals surface area contributed by atoms with Gasteiger partial charge in [-0.25, -0.2) is 9.97 Å². The fraction of sp³-hybridized carbons (Fsp3) is 0.304. The van der Waals surface area contributed by atoms with E-state index in [1.165, 1.54) is 28.1 Å². The third-order valence-electron chi connectivity index (χ3n) is 5.70. The van der Waals surface area contributed by atoms with Gasteiger partial charge in [0.15, 0.2) is 11.6 Å². The first kappa shape index (κ1) is 16.3. The van der Waals surface area contributed by atoms with Gasteiger partial charge in [-0.05, 0) is 41.2 Å². The van der Waals surface area contributed by atoms with Gasteiger partial charge in [-0.15, -0.1) is 0 Å². The van der Waals surface area contributed by atoms with Gasteiger partial charge in [0.05, 0.1) is 0 Å². The molecule has 0 amide bonds. The molecule has 0 saturated heterocycles. The molecule has 2 aliphatic heterocycles. The molecular weight excluding hydrogens is 332 g/mol. The van der Waals surface area contributed by atoms with E-state index in [9.17, 15) is 0 Å². The van der Waals surface area contributed by atoms with E-state index in [4.69, 9.17) is 9.97 Å². The number of aromatic nitrogens is 2. The summed E-state index contributed by atoms with van der Waals surface area (Å²) in [6, 6.07) is 15.4. The molecule has 1 unspecified atom stereocenters. The summed E-state index contributed by atoms with van der Waals surface area (Å²) in [5.74, 6) is 1.90. The van der Waals surface area contributed by atoms with E-state index in [2.05, 4.69) is 80.0 Å². The first-order valence-corrected chi connectivity index (χ1v) is 9.53. The zero-order chi connectivity index (χ0) is 18.8. The third kappa shape index (κ3) is 2.36. The second-order valence-corrected chi connectivity index (χ2v) is 8.51. The van der Waals surface area contributed by atoms with Gasteiger partial charge in [0.25, 0.3) is 0 Å². The van der Waals surface area contributed by atoms with Gasteiger partial charge in [-0.2, -0.15) is 0 Å². The average Bonchev–Trinajstić information content (AvgIpc) is 3.15. The first-order chi connectivity index (χ1) is 12.9. The van der Waals surface area contributed by atoms with Crippen molar-refractivity contribution in [3.05, 3.63) is 71.5 Å². The monoisotopic (exact) mass is 356 g/mol. The van der Waals surface area contributed by atoms with Gasteiger partial charge < -0.3 is 9.80 Å². The molecule has 0 N–H and O–H groups in total. The van der Waals surface area contributed by atoms with Crippen LogP contribution in [0.1, 0.15) is 37.5 Å². The summed E-state index contributed by atoms with van der Waals surface area (Å²) in [6.07, 6.45) is 4.74. The molecule has 27 heavy (non-hydrogen) atoms. The summed E-state index contributed by atoms with van der Waals surface area (Å²) in [7, 11) is 0. The minimum Gasteiger partial charge on any atom is -0.301 e. The van der Waals surface area contributed by atoms with Crippen LogP contribution in [0.4, 0.5) is 23.0 Å². The largest absolute Gasteiger partial charge is 0.301 e. The average molecular weight is 356 g/mol. The number of anilines is 4. The zero-order valence-electron chi connectivity index (χ0n) is 16.3. The van der Waals surface area contributed by atoms with Crippen molar-refractivity contribution in [2.24, 2.45) is 0 Å². The van der Waals surface area contributed by atoms with Crippen LogP contribution in [0.3, 0.4) is 0 Å². The molecule has 1 atom stereocenters. The topological polar surface area (TPSA) is 32.3 Å². The van der Waals surface area contributed by atoms with Crippen molar-refractivity contribution in [1.82, 2.24) is 9.97 Å². The number of fused-ring (bicyclic) bond motifs is 5. The molecule has 4 nitrogen and oxygen atoms in total. The standard InChI is InChI=1S/C23H24N4/c1-15-7-5-6-8-18(15)26-20-13-16-9-10-17(23(2,3)4)14-19(16)27(20)22-21(26)24-11-12-25-22/h5-12,14,20H,13H2,1-4H3. The molecule has 0 aliphatic carbocycles. The smallest absolute Gasteiger partial charge is 0.178 e. The highest BCUT2D eigenvalue weighted by molar-refractivity contribution is 5.87. The highest BCUT2D eigenvalue weighted by atomic mass is 15.5. The maximum atomic E-state index is 4.72. The van der Waals surface area contributed by atoms with Gasteiger partial charge in [0.1, 0.15) is 6.17 Å². The molecule has 2 aromatic carbocycles. The fourth-order valence-corrected chi connectivity index (χ4v) is 4.25. The van der Waals surface area contributed by atoms with Crippen molar-refractivity contribution in [1.29, 1.82) is 0 Å². The molecule has 0 bridgehead atoms. The van der Waals surface area contributed by atoms with E-state index >= 15 is 0 Å². The maximum absolute atomic E-state index is 4.72. The molecule has 0 fully saturated rings. The Labute approximate surface area is 160 Å². The second-order valence-electron chi connectivity index (χ2n) is 8.51. The number of para-hydroxylation sites is 1. The number of hydrogen-bond donors (Lipinski definition) is 0. The zero-order valence-corrected chi connectivity index (χ0v) is 16.3. The van der Waals surface area contributed by atoms with Crippen molar-refractivity contribution in [2.45, 2.75) is 45.7 Å². The number of hydrogen-bond acceptors (Lipinski definition) is 4. The molecule has 1 aromatic heterocycles. The molecular formula is C23H24N4. The summed E-state index contributed by atoms with van der Waals surface area (Å²) in [4.78, 5) is 14.2. The number of rotatable bonds is 1. The van der Waals surface area contributed by atoms with Crippen molar-refractivity contribution in [2.75, 3.05) is 9.80 Å². The van der Waals surface area contributed by atoms with E-state index in [1.807, 2.05) is 0 Å². The summed E-state index contributed by atoms with van der Waals surface area (Å²) in [5.41, 5.74) is 6.57. The van der Waals surface area contributed by atoms with Gasteiger partial charge in [-0.1, -0.05) is 51.1 Å². The van der Waals surface area contributed by atoms with Crippen LogP contribution < -0.4 is 9.80 Å². The molecule has 3 aromatic rings. The predicted molar refractivity (Wildman–Crippen MR) is 110 cm³/mol.